The molecule has 1 aromatic carbocycles. The van der Waals surface area contributed by atoms with Gasteiger partial charge in [-0.05, 0) is 24.3 Å². The van der Waals surface area contributed by atoms with Crippen molar-refractivity contribution >= 4 is 11.8 Å². The van der Waals surface area contributed by atoms with Gasteiger partial charge in [-0.1, -0.05) is 31.2 Å². The molecular weight excluding hydrogens is 228 g/mol. The van der Waals surface area contributed by atoms with Crippen LogP contribution in [0.15, 0.2) is 24.3 Å². The number of hydrogen-bond acceptors (Lipinski definition) is 3. The fourth-order valence-electron chi connectivity index (χ4n) is 2.04. The van der Waals surface area contributed by atoms with Gasteiger partial charge in [-0.2, -0.15) is 0 Å². The summed E-state index contributed by atoms with van der Waals surface area (Å²) >= 11 is 0. The zero-order valence-corrected chi connectivity index (χ0v) is 10.8. The van der Waals surface area contributed by atoms with Crippen LogP contribution in [0.1, 0.15) is 48.0 Å². The second kappa shape index (κ2) is 5.34. The topological polar surface area (TPSA) is 43.4 Å². The normalized spacial score (nSPS) is 16.1. The molecule has 0 amide bonds. The molecule has 0 saturated heterocycles. The number of carbonyl (C=O) groups excluding carboxylic acids is 2. The van der Waals surface area contributed by atoms with Gasteiger partial charge in [0.1, 0.15) is 0 Å². The average molecular weight is 246 g/mol. The second-order valence-corrected chi connectivity index (χ2v) is 4.95. The van der Waals surface area contributed by atoms with E-state index in [4.69, 9.17) is 0 Å². The van der Waals surface area contributed by atoms with Crippen LogP contribution in [0.25, 0.3) is 0 Å². The van der Waals surface area contributed by atoms with Gasteiger partial charge in [0.25, 0.3) is 0 Å². The number of hydrogen-bond donors (Lipinski definition) is 0. The van der Waals surface area contributed by atoms with Gasteiger partial charge in [-0.15, -0.1) is 0 Å². The lowest BCUT2D eigenvalue weighted by molar-refractivity contribution is -0.144. The Morgan fingerprint density at radius 1 is 1.28 bits per heavy atom. The summed E-state index contributed by atoms with van der Waals surface area (Å²) in [5, 5.41) is 0. The molecule has 1 aromatic rings. The number of esters is 1. The molecule has 0 bridgehead atoms. The van der Waals surface area contributed by atoms with E-state index in [1.165, 1.54) is 25.5 Å². The number of methoxy groups -OCH3 is 1. The highest BCUT2D eigenvalue weighted by atomic mass is 16.5. The maximum atomic E-state index is 12.0. The molecule has 0 aliphatic heterocycles. The molecule has 0 spiro atoms. The molecule has 1 unspecified atom stereocenters. The zero-order chi connectivity index (χ0) is 13.1. The Kier molecular flexibility index (Phi) is 3.80. The number of ether oxygens (including phenoxy) is 1. The van der Waals surface area contributed by atoms with Crippen LogP contribution >= 0.6 is 0 Å². The lowest BCUT2D eigenvalue weighted by Gasteiger charge is -2.08. The highest BCUT2D eigenvalue weighted by Gasteiger charge is 2.23. The first-order chi connectivity index (χ1) is 8.61. The molecule has 1 aliphatic rings. The quantitative estimate of drug-likeness (QED) is 0.592. The molecule has 0 radical (unpaired) electrons. The molecule has 3 nitrogen and oxygen atoms in total. The number of Topliss-reactive ketones (excluding diaryl/α,β-unsaturated/α-hetero) is 1. The van der Waals surface area contributed by atoms with E-state index in [0.717, 1.165) is 0 Å². The second-order valence-electron chi connectivity index (χ2n) is 4.95. The molecule has 1 aliphatic carbocycles. The van der Waals surface area contributed by atoms with Crippen LogP contribution in [0.5, 0.6) is 0 Å². The van der Waals surface area contributed by atoms with Crippen molar-refractivity contribution in [3.63, 3.8) is 0 Å². The van der Waals surface area contributed by atoms with E-state index in [2.05, 4.69) is 4.74 Å². The molecule has 1 fully saturated rings. The lowest BCUT2D eigenvalue weighted by atomic mass is 9.98. The van der Waals surface area contributed by atoms with Crippen LogP contribution in [0, 0.1) is 5.92 Å². The number of benzene rings is 1. The summed E-state index contributed by atoms with van der Waals surface area (Å²) in [6.07, 6.45) is 2.72. The molecule has 96 valence electrons. The Morgan fingerprint density at radius 3 is 2.39 bits per heavy atom. The smallest absolute Gasteiger partial charge is 0.308 e. The van der Waals surface area contributed by atoms with E-state index in [0.29, 0.717) is 11.5 Å². The van der Waals surface area contributed by atoms with Gasteiger partial charge >= 0.3 is 5.97 Å². The maximum absolute atomic E-state index is 12.0. The minimum Gasteiger partial charge on any atom is -0.469 e. The monoisotopic (exact) mass is 246 g/mol. The Morgan fingerprint density at radius 2 is 1.89 bits per heavy atom. The van der Waals surface area contributed by atoms with E-state index in [1.54, 1.807) is 6.92 Å². The minimum absolute atomic E-state index is 0.00440. The first-order valence-corrected chi connectivity index (χ1v) is 6.32. The summed E-state index contributed by atoms with van der Waals surface area (Å²) < 4.78 is 4.62. The van der Waals surface area contributed by atoms with E-state index in [9.17, 15) is 9.59 Å². The van der Waals surface area contributed by atoms with Crippen LogP contribution in [0.4, 0.5) is 0 Å². The summed E-state index contributed by atoms with van der Waals surface area (Å²) in [5.41, 5.74) is 1.99. The van der Waals surface area contributed by atoms with Gasteiger partial charge in [0.15, 0.2) is 5.78 Å². The van der Waals surface area contributed by atoms with Crippen LogP contribution in [0.2, 0.25) is 0 Å². The Hall–Kier alpha value is -1.64. The number of ketones is 1. The fourth-order valence-corrected chi connectivity index (χ4v) is 2.04. The van der Waals surface area contributed by atoms with Crippen molar-refractivity contribution in [3.05, 3.63) is 35.4 Å². The summed E-state index contributed by atoms with van der Waals surface area (Å²) in [6.45, 7) is 1.71. The van der Waals surface area contributed by atoms with Crippen molar-refractivity contribution < 1.29 is 14.3 Å². The molecule has 3 heteroatoms. The van der Waals surface area contributed by atoms with Gasteiger partial charge < -0.3 is 4.74 Å². The van der Waals surface area contributed by atoms with Crippen molar-refractivity contribution in [2.24, 2.45) is 5.92 Å². The largest absolute Gasteiger partial charge is 0.469 e. The van der Waals surface area contributed by atoms with Gasteiger partial charge in [-0.25, -0.2) is 0 Å². The molecule has 18 heavy (non-hydrogen) atoms. The minimum atomic E-state index is -0.384. The summed E-state index contributed by atoms with van der Waals surface area (Å²) in [7, 11) is 1.34. The molecular formula is C15H18O3. The van der Waals surface area contributed by atoms with Gasteiger partial charge in [-0.3, -0.25) is 9.59 Å². The standard InChI is InChI=1S/C15H18O3/c1-10(15(17)18-2)9-14(16)13-7-5-12(6-8-13)11-3-4-11/h5-8,10-11H,3-4,9H2,1-2H3. The number of rotatable bonds is 5. The van der Waals surface area contributed by atoms with Gasteiger partial charge in [0, 0.05) is 12.0 Å². The fraction of sp³-hybridized carbons (Fsp3) is 0.467. The SMILES string of the molecule is COC(=O)C(C)CC(=O)c1ccc(C2CC2)cc1. The van der Waals surface area contributed by atoms with Gasteiger partial charge in [0.05, 0.1) is 13.0 Å². The van der Waals surface area contributed by atoms with Crippen molar-refractivity contribution in [1.29, 1.82) is 0 Å². The molecule has 0 N–H and O–H groups in total. The van der Waals surface area contributed by atoms with Crippen molar-refractivity contribution in [2.45, 2.75) is 32.1 Å². The molecule has 2 rings (SSSR count). The molecule has 0 aromatic heterocycles. The third kappa shape index (κ3) is 2.97. The van der Waals surface area contributed by atoms with Crippen LogP contribution in [0.3, 0.4) is 0 Å². The Balaban J connectivity index is 1.97. The van der Waals surface area contributed by atoms with E-state index >= 15 is 0 Å². The molecule has 1 saturated carbocycles. The zero-order valence-electron chi connectivity index (χ0n) is 10.8. The van der Waals surface area contributed by atoms with Crippen LogP contribution < -0.4 is 0 Å². The summed E-state index contributed by atoms with van der Waals surface area (Å²) in [6, 6.07) is 7.77. The van der Waals surface area contributed by atoms with Crippen LogP contribution in [-0.2, 0) is 9.53 Å². The van der Waals surface area contributed by atoms with Gasteiger partial charge in [0.2, 0.25) is 0 Å². The van der Waals surface area contributed by atoms with E-state index < -0.39 is 0 Å². The van der Waals surface area contributed by atoms with E-state index in [-0.39, 0.29) is 24.1 Å². The highest BCUT2D eigenvalue weighted by Crippen LogP contribution is 2.39. The average Bonchev–Trinajstić information content (AvgIpc) is 3.22. The third-order valence-electron chi connectivity index (χ3n) is 3.38. The summed E-state index contributed by atoms with van der Waals surface area (Å²) in [5.74, 6) is -0.0260. The van der Waals surface area contributed by atoms with Crippen molar-refractivity contribution in [1.82, 2.24) is 0 Å². The number of carbonyl (C=O) groups is 2. The lowest BCUT2D eigenvalue weighted by Crippen LogP contribution is -2.16. The maximum Gasteiger partial charge on any atom is 0.308 e. The highest BCUT2D eigenvalue weighted by molar-refractivity contribution is 5.98. The first-order valence-electron chi connectivity index (χ1n) is 6.32. The van der Waals surface area contributed by atoms with Crippen molar-refractivity contribution in [2.75, 3.05) is 7.11 Å². The van der Waals surface area contributed by atoms with Crippen LogP contribution in [-0.4, -0.2) is 18.9 Å². The third-order valence-corrected chi connectivity index (χ3v) is 3.38. The first kappa shape index (κ1) is 12.8. The molecule has 1 atom stereocenters. The Labute approximate surface area is 107 Å². The van der Waals surface area contributed by atoms with Crippen molar-refractivity contribution in [3.8, 4) is 0 Å². The Bertz CT molecular complexity index is 443. The molecule has 0 heterocycles. The van der Waals surface area contributed by atoms with E-state index in [1.807, 2.05) is 24.3 Å². The predicted molar refractivity (Wildman–Crippen MR) is 68.5 cm³/mol. The predicted octanol–water partition coefficient (Wildman–Crippen LogP) is 2.95. The summed E-state index contributed by atoms with van der Waals surface area (Å²) in [4.78, 5) is 23.2.